The number of hydrogen-bond donors (Lipinski definition) is 1. The Bertz CT molecular complexity index is 172. The Labute approximate surface area is 91.8 Å². The number of hydrogen-bond acceptors (Lipinski definition) is 3. The molecule has 2 aliphatic rings. The number of ether oxygens (including phenoxy) is 2. The third-order valence-electron chi connectivity index (χ3n) is 3.57. The van der Waals surface area contributed by atoms with Crippen LogP contribution < -0.4 is 0 Å². The van der Waals surface area contributed by atoms with Crippen LogP contribution in [0.15, 0.2) is 0 Å². The average molecular weight is 214 g/mol. The summed E-state index contributed by atoms with van der Waals surface area (Å²) in [7, 11) is 0. The quantitative estimate of drug-likeness (QED) is 0.774. The van der Waals surface area contributed by atoms with E-state index in [2.05, 4.69) is 0 Å². The summed E-state index contributed by atoms with van der Waals surface area (Å²) in [6.07, 6.45) is 6.79. The zero-order valence-electron chi connectivity index (χ0n) is 9.36. The topological polar surface area (TPSA) is 38.7 Å². The Morgan fingerprint density at radius 3 is 2.80 bits per heavy atom. The van der Waals surface area contributed by atoms with Crippen molar-refractivity contribution in [3.8, 4) is 0 Å². The van der Waals surface area contributed by atoms with E-state index >= 15 is 0 Å². The van der Waals surface area contributed by atoms with E-state index < -0.39 is 0 Å². The summed E-state index contributed by atoms with van der Waals surface area (Å²) in [4.78, 5) is 0. The standard InChI is InChI=1S/C12H22O3/c13-12(10-6-8-14-9-10)5-4-11-3-1-2-7-15-11/h10-13H,1-9H2. The Hall–Kier alpha value is -0.120. The second-order valence-corrected chi connectivity index (χ2v) is 4.76. The van der Waals surface area contributed by atoms with Gasteiger partial charge in [0.15, 0.2) is 0 Å². The lowest BCUT2D eigenvalue weighted by molar-refractivity contribution is -0.00370. The van der Waals surface area contributed by atoms with Gasteiger partial charge in [0.05, 0.1) is 18.8 Å². The van der Waals surface area contributed by atoms with Crippen LogP contribution in [0.4, 0.5) is 0 Å². The fourth-order valence-corrected chi connectivity index (χ4v) is 2.48. The van der Waals surface area contributed by atoms with E-state index in [4.69, 9.17) is 9.47 Å². The Morgan fingerprint density at radius 1 is 1.20 bits per heavy atom. The molecular formula is C12H22O3. The lowest BCUT2D eigenvalue weighted by Crippen LogP contribution is -2.25. The molecule has 1 N–H and O–H groups in total. The first kappa shape index (κ1) is 11.4. The molecule has 88 valence electrons. The van der Waals surface area contributed by atoms with Crippen LogP contribution in [0.5, 0.6) is 0 Å². The van der Waals surface area contributed by atoms with Gasteiger partial charge in [-0.05, 0) is 38.5 Å². The molecule has 2 fully saturated rings. The SMILES string of the molecule is OC(CCC1CCCCO1)C1CCOC1. The van der Waals surface area contributed by atoms with Gasteiger partial charge < -0.3 is 14.6 Å². The van der Waals surface area contributed by atoms with Gasteiger partial charge in [0.1, 0.15) is 0 Å². The van der Waals surface area contributed by atoms with Crippen molar-refractivity contribution in [1.29, 1.82) is 0 Å². The van der Waals surface area contributed by atoms with E-state index in [1.807, 2.05) is 0 Å². The molecule has 2 aliphatic heterocycles. The maximum absolute atomic E-state index is 9.94. The van der Waals surface area contributed by atoms with Crippen LogP contribution in [0, 0.1) is 5.92 Å². The molecule has 0 aliphatic carbocycles. The highest BCUT2D eigenvalue weighted by Gasteiger charge is 2.25. The van der Waals surface area contributed by atoms with E-state index in [0.29, 0.717) is 12.0 Å². The van der Waals surface area contributed by atoms with E-state index in [9.17, 15) is 5.11 Å². The van der Waals surface area contributed by atoms with E-state index in [-0.39, 0.29) is 6.10 Å². The molecule has 0 aromatic heterocycles. The second-order valence-electron chi connectivity index (χ2n) is 4.76. The first-order valence-corrected chi connectivity index (χ1v) is 6.23. The molecule has 0 aromatic carbocycles. The van der Waals surface area contributed by atoms with Crippen molar-refractivity contribution < 1.29 is 14.6 Å². The molecule has 0 amide bonds. The molecule has 15 heavy (non-hydrogen) atoms. The van der Waals surface area contributed by atoms with Crippen LogP contribution in [-0.2, 0) is 9.47 Å². The van der Waals surface area contributed by atoms with Gasteiger partial charge in [0.25, 0.3) is 0 Å². The number of aliphatic hydroxyl groups excluding tert-OH is 1. The Morgan fingerprint density at radius 2 is 2.13 bits per heavy atom. The number of rotatable bonds is 4. The van der Waals surface area contributed by atoms with Crippen LogP contribution in [-0.4, -0.2) is 37.1 Å². The van der Waals surface area contributed by atoms with E-state index in [1.165, 1.54) is 19.3 Å². The average Bonchev–Trinajstić information content (AvgIpc) is 2.81. The van der Waals surface area contributed by atoms with Crippen molar-refractivity contribution in [1.82, 2.24) is 0 Å². The first-order valence-electron chi connectivity index (χ1n) is 6.23. The highest BCUT2D eigenvalue weighted by Crippen LogP contribution is 2.23. The molecule has 3 unspecified atom stereocenters. The minimum Gasteiger partial charge on any atom is -0.393 e. The largest absolute Gasteiger partial charge is 0.393 e. The van der Waals surface area contributed by atoms with Crippen LogP contribution >= 0.6 is 0 Å². The molecule has 0 spiro atoms. The summed E-state index contributed by atoms with van der Waals surface area (Å²) in [6, 6.07) is 0. The van der Waals surface area contributed by atoms with Gasteiger partial charge in [0.2, 0.25) is 0 Å². The van der Waals surface area contributed by atoms with Crippen molar-refractivity contribution in [2.75, 3.05) is 19.8 Å². The highest BCUT2D eigenvalue weighted by molar-refractivity contribution is 4.74. The molecule has 0 aromatic rings. The van der Waals surface area contributed by atoms with Crippen LogP contribution in [0.1, 0.15) is 38.5 Å². The van der Waals surface area contributed by atoms with Crippen molar-refractivity contribution in [3.05, 3.63) is 0 Å². The fraction of sp³-hybridized carbons (Fsp3) is 1.00. The Kier molecular flexibility index (Phi) is 4.42. The second kappa shape index (κ2) is 5.83. The van der Waals surface area contributed by atoms with Gasteiger partial charge in [-0.3, -0.25) is 0 Å². The van der Waals surface area contributed by atoms with Crippen LogP contribution in [0.3, 0.4) is 0 Å². The van der Waals surface area contributed by atoms with Crippen LogP contribution in [0.25, 0.3) is 0 Å². The van der Waals surface area contributed by atoms with Crippen molar-refractivity contribution >= 4 is 0 Å². The molecule has 3 heteroatoms. The van der Waals surface area contributed by atoms with Gasteiger partial charge in [-0.1, -0.05) is 0 Å². The normalized spacial score (nSPS) is 34.2. The summed E-state index contributed by atoms with van der Waals surface area (Å²) in [6.45, 7) is 2.47. The molecule has 3 atom stereocenters. The Balaban J connectivity index is 1.63. The van der Waals surface area contributed by atoms with Crippen LogP contribution in [0.2, 0.25) is 0 Å². The predicted molar refractivity (Wildman–Crippen MR) is 57.8 cm³/mol. The van der Waals surface area contributed by atoms with Gasteiger partial charge in [0, 0.05) is 19.1 Å². The third kappa shape index (κ3) is 3.44. The molecule has 0 saturated carbocycles. The zero-order valence-corrected chi connectivity index (χ0v) is 9.36. The van der Waals surface area contributed by atoms with E-state index in [0.717, 1.165) is 39.1 Å². The molecule has 2 heterocycles. The smallest absolute Gasteiger partial charge is 0.0592 e. The highest BCUT2D eigenvalue weighted by atomic mass is 16.5. The summed E-state index contributed by atoms with van der Waals surface area (Å²) < 4.78 is 10.9. The summed E-state index contributed by atoms with van der Waals surface area (Å²) in [5.74, 6) is 0.369. The molecular weight excluding hydrogens is 192 g/mol. The van der Waals surface area contributed by atoms with Gasteiger partial charge >= 0.3 is 0 Å². The lowest BCUT2D eigenvalue weighted by atomic mass is 9.95. The predicted octanol–water partition coefficient (Wildman–Crippen LogP) is 1.73. The minimum absolute atomic E-state index is 0.182. The molecule has 0 bridgehead atoms. The van der Waals surface area contributed by atoms with E-state index in [1.54, 1.807) is 0 Å². The van der Waals surface area contributed by atoms with Crippen molar-refractivity contribution in [2.45, 2.75) is 50.7 Å². The van der Waals surface area contributed by atoms with Gasteiger partial charge in [-0.25, -0.2) is 0 Å². The maximum atomic E-state index is 9.94. The summed E-state index contributed by atoms with van der Waals surface area (Å²) in [5, 5.41) is 9.94. The first-order chi connectivity index (χ1) is 7.36. The molecule has 3 nitrogen and oxygen atoms in total. The van der Waals surface area contributed by atoms with Gasteiger partial charge in [-0.15, -0.1) is 0 Å². The summed E-state index contributed by atoms with van der Waals surface area (Å²) in [5.41, 5.74) is 0. The number of aliphatic hydroxyl groups is 1. The minimum atomic E-state index is -0.182. The van der Waals surface area contributed by atoms with Crippen molar-refractivity contribution in [2.24, 2.45) is 5.92 Å². The molecule has 2 saturated heterocycles. The molecule has 0 radical (unpaired) electrons. The summed E-state index contributed by atoms with van der Waals surface area (Å²) >= 11 is 0. The third-order valence-corrected chi connectivity index (χ3v) is 3.57. The lowest BCUT2D eigenvalue weighted by Gasteiger charge is -2.24. The van der Waals surface area contributed by atoms with Gasteiger partial charge in [-0.2, -0.15) is 0 Å². The fourth-order valence-electron chi connectivity index (χ4n) is 2.48. The zero-order chi connectivity index (χ0) is 10.5. The maximum Gasteiger partial charge on any atom is 0.0592 e. The van der Waals surface area contributed by atoms with Crippen molar-refractivity contribution in [3.63, 3.8) is 0 Å². The monoisotopic (exact) mass is 214 g/mol. The molecule has 2 rings (SSSR count).